The maximum Gasteiger partial charge on any atom is 0.335 e. The minimum atomic E-state index is -1.01. The fourth-order valence-corrected chi connectivity index (χ4v) is 1.87. The smallest absolute Gasteiger partial charge is 0.335 e. The van der Waals surface area contributed by atoms with E-state index >= 15 is 0 Å². The number of hydrogen-bond donors (Lipinski definition) is 2. The highest BCUT2D eigenvalue weighted by Crippen LogP contribution is 2.26. The van der Waals surface area contributed by atoms with E-state index in [0.29, 0.717) is 22.4 Å². The molecule has 1 heterocycles. The van der Waals surface area contributed by atoms with Crippen LogP contribution in [0.4, 0.5) is 11.5 Å². The Hall–Kier alpha value is -2.14. The van der Waals surface area contributed by atoms with E-state index in [1.54, 1.807) is 6.07 Å². The molecule has 2 rings (SSSR count). The van der Waals surface area contributed by atoms with Gasteiger partial charge in [-0.25, -0.2) is 14.8 Å². The van der Waals surface area contributed by atoms with Crippen LogP contribution >= 0.6 is 11.6 Å². The molecule has 0 aliphatic carbocycles. The lowest BCUT2D eigenvalue weighted by Gasteiger charge is -2.10. The molecule has 0 amide bonds. The summed E-state index contributed by atoms with van der Waals surface area (Å²) in [7, 11) is 0. The van der Waals surface area contributed by atoms with Crippen LogP contribution in [-0.2, 0) is 0 Å². The molecule has 2 N–H and O–H groups in total. The van der Waals surface area contributed by atoms with Crippen molar-refractivity contribution in [2.75, 3.05) is 5.32 Å². The van der Waals surface area contributed by atoms with Gasteiger partial charge in [0, 0.05) is 11.8 Å². The van der Waals surface area contributed by atoms with Crippen molar-refractivity contribution in [2.24, 2.45) is 0 Å². The van der Waals surface area contributed by atoms with Gasteiger partial charge in [-0.05, 0) is 24.1 Å². The Morgan fingerprint density at radius 3 is 2.65 bits per heavy atom. The molecular formula is C14H14ClN3O2. The van der Waals surface area contributed by atoms with Crippen molar-refractivity contribution in [2.45, 2.75) is 19.8 Å². The molecule has 0 aliphatic rings. The second-order valence-electron chi connectivity index (χ2n) is 4.61. The van der Waals surface area contributed by atoms with E-state index in [-0.39, 0.29) is 5.56 Å². The molecule has 20 heavy (non-hydrogen) atoms. The molecule has 1 aromatic carbocycles. The van der Waals surface area contributed by atoms with Crippen molar-refractivity contribution in [3.8, 4) is 0 Å². The quantitative estimate of drug-likeness (QED) is 0.898. The van der Waals surface area contributed by atoms with Gasteiger partial charge in [-0.1, -0.05) is 25.4 Å². The first-order valence-electron chi connectivity index (χ1n) is 6.09. The number of carbonyl (C=O) groups is 1. The first-order valence-corrected chi connectivity index (χ1v) is 6.47. The number of carboxylic acid groups (broad SMARTS) is 1. The van der Waals surface area contributed by atoms with E-state index in [9.17, 15) is 4.79 Å². The molecule has 1 aromatic heterocycles. The van der Waals surface area contributed by atoms with Gasteiger partial charge in [0.15, 0.2) is 0 Å². The normalized spacial score (nSPS) is 10.6. The van der Waals surface area contributed by atoms with E-state index in [4.69, 9.17) is 16.7 Å². The van der Waals surface area contributed by atoms with Crippen LogP contribution in [0.3, 0.4) is 0 Å². The minimum absolute atomic E-state index is 0.145. The van der Waals surface area contributed by atoms with Crippen molar-refractivity contribution in [3.05, 3.63) is 46.9 Å². The SMILES string of the molecule is CC(C)c1cc(Nc2ccc(C(=O)O)cc2Cl)ncn1. The molecule has 0 aliphatic heterocycles. The van der Waals surface area contributed by atoms with Crippen LogP contribution in [-0.4, -0.2) is 21.0 Å². The molecule has 0 saturated heterocycles. The van der Waals surface area contributed by atoms with E-state index in [2.05, 4.69) is 15.3 Å². The van der Waals surface area contributed by atoms with Crippen molar-refractivity contribution >= 4 is 29.1 Å². The molecule has 5 nitrogen and oxygen atoms in total. The van der Waals surface area contributed by atoms with Crippen LogP contribution in [0.2, 0.25) is 5.02 Å². The highest BCUT2D eigenvalue weighted by Gasteiger charge is 2.08. The standard InChI is InChI=1S/C14H14ClN3O2/c1-8(2)12-6-13(17-7-16-12)18-11-4-3-9(14(19)20)5-10(11)15/h3-8H,1-2H3,(H,19,20)(H,16,17,18). The van der Waals surface area contributed by atoms with Crippen LogP contribution in [0.25, 0.3) is 0 Å². The minimum Gasteiger partial charge on any atom is -0.478 e. The number of rotatable bonds is 4. The molecule has 104 valence electrons. The topological polar surface area (TPSA) is 75.1 Å². The largest absolute Gasteiger partial charge is 0.478 e. The number of hydrogen-bond acceptors (Lipinski definition) is 4. The van der Waals surface area contributed by atoms with E-state index < -0.39 is 5.97 Å². The number of anilines is 2. The Labute approximate surface area is 121 Å². The summed E-state index contributed by atoms with van der Waals surface area (Å²) < 4.78 is 0. The average molecular weight is 292 g/mol. The molecule has 2 aromatic rings. The second-order valence-corrected chi connectivity index (χ2v) is 5.01. The summed E-state index contributed by atoms with van der Waals surface area (Å²) in [5, 5.41) is 12.3. The molecule has 0 radical (unpaired) electrons. The van der Waals surface area contributed by atoms with Crippen LogP contribution in [0.15, 0.2) is 30.6 Å². The van der Waals surface area contributed by atoms with Crippen LogP contribution in [0.5, 0.6) is 0 Å². The number of benzene rings is 1. The van der Waals surface area contributed by atoms with Gasteiger partial charge in [-0.3, -0.25) is 0 Å². The van der Waals surface area contributed by atoms with Gasteiger partial charge >= 0.3 is 5.97 Å². The van der Waals surface area contributed by atoms with Crippen molar-refractivity contribution in [1.29, 1.82) is 0 Å². The number of nitrogens with zero attached hydrogens (tertiary/aromatic N) is 2. The Bertz CT molecular complexity index is 644. The third kappa shape index (κ3) is 3.24. The number of aromatic nitrogens is 2. The van der Waals surface area contributed by atoms with Gasteiger partial charge in [0.1, 0.15) is 12.1 Å². The summed E-state index contributed by atoms with van der Waals surface area (Å²) in [5.41, 5.74) is 1.66. The van der Waals surface area contributed by atoms with Gasteiger partial charge in [0.05, 0.1) is 16.3 Å². The maximum absolute atomic E-state index is 10.8. The zero-order chi connectivity index (χ0) is 14.7. The number of carboxylic acids is 1. The first kappa shape index (κ1) is 14.3. The summed E-state index contributed by atoms with van der Waals surface area (Å²) in [5.74, 6) is -0.0975. The van der Waals surface area contributed by atoms with Gasteiger partial charge < -0.3 is 10.4 Å². The maximum atomic E-state index is 10.8. The Kier molecular flexibility index (Phi) is 4.20. The zero-order valence-electron chi connectivity index (χ0n) is 11.1. The average Bonchev–Trinajstić information content (AvgIpc) is 2.41. The van der Waals surface area contributed by atoms with E-state index in [0.717, 1.165) is 5.69 Å². The predicted octanol–water partition coefficient (Wildman–Crippen LogP) is 3.70. The predicted molar refractivity (Wildman–Crippen MR) is 77.8 cm³/mol. The monoisotopic (exact) mass is 291 g/mol. The molecule has 6 heteroatoms. The molecule has 0 saturated carbocycles. The van der Waals surface area contributed by atoms with Gasteiger partial charge in [-0.15, -0.1) is 0 Å². The van der Waals surface area contributed by atoms with Crippen molar-refractivity contribution < 1.29 is 9.90 Å². The summed E-state index contributed by atoms with van der Waals surface area (Å²) >= 11 is 6.06. The summed E-state index contributed by atoms with van der Waals surface area (Å²) in [6.45, 7) is 4.08. The summed E-state index contributed by atoms with van der Waals surface area (Å²) in [6, 6.07) is 6.34. The number of nitrogens with one attached hydrogen (secondary N) is 1. The fraction of sp³-hybridized carbons (Fsp3) is 0.214. The number of aromatic carboxylic acids is 1. The third-order valence-electron chi connectivity index (χ3n) is 2.76. The van der Waals surface area contributed by atoms with Crippen molar-refractivity contribution in [1.82, 2.24) is 9.97 Å². The molecule has 0 spiro atoms. The lowest BCUT2D eigenvalue weighted by molar-refractivity contribution is 0.0697. The Morgan fingerprint density at radius 2 is 2.05 bits per heavy atom. The van der Waals surface area contributed by atoms with Crippen LogP contribution in [0.1, 0.15) is 35.8 Å². The second kappa shape index (κ2) is 5.88. The summed E-state index contributed by atoms with van der Waals surface area (Å²) in [6.07, 6.45) is 1.48. The van der Waals surface area contributed by atoms with E-state index in [1.807, 2.05) is 19.9 Å². The van der Waals surface area contributed by atoms with Gasteiger partial charge in [0.25, 0.3) is 0 Å². The Morgan fingerprint density at radius 1 is 1.30 bits per heavy atom. The lowest BCUT2D eigenvalue weighted by Crippen LogP contribution is -2.01. The molecular weight excluding hydrogens is 278 g/mol. The molecule has 0 unspecified atom stereocenters. The highest BCUT2D eigenvalue weighted by atomic mass is 35.5. The zero-order valence-corrected chi connectivity index (χ0v) is 11.8. The van der Waals surface area contributed by atoms with Crippen LogP contribution < -0.4 is 5.32 Å². The molecule has 0 fully saturated rings. The van der Waals surface area contributed by atoms with Crippen molar-refractivity contribution in [3.63, 3.8) is 0 Å². The summed E-state index contributed by atoms with van der Waals surface area (Å²) in [4.78, 5) is 19.1. The lowest BCUT2D eigenvalue weighted by atomic mass is 10.1. The Balaban J connectivity index is 2.26. The highest BCUT2D eigenvalue weighted by molar-refractivity contribution is 6.33. The fourth-order valence-electron chi connectivity index (χ4n) is 1.64. The van der Waals surface area contributed by atoms with Gasteiger partial charge in [0.2, 0.25) is 0 Å². The first-order chi connectivity index (χ1) is 9.47. The molecule has 0 atom stereocenters. The van der Waals surface area contributed by atoms with Crippen LogP contribution in [0, 0.1) is 0 Å². The molecule has 0 bridgehead atoms. The van der Waals surface area contributed by atoms with E-state index in [1.165, 1.54) is 18.5 Å². The number of halogens is 1. The van der Waals surface area contributed by atoms with Gasteiger partial charge in [-0.2, -0.15) is 0 Å². The third-order valence-corrected chi connectivity index (χ3v) is 3.07.